The van der Waals surface area contributed by atoms with Crippen LogP contribution in [0.1, 0.15) is 25.6 Å². The van der Waals surface area contributed by atoms with Gasteiger partial charge >= 0.3 is 0 Å². The number of nitrogens with zero attached hydrogens (tertiary/aromatic N) is 4. The molecule has 134 valence electrons. The van der Waals surface area contributed by atoms with Crippen molar-refractivity contribution in [3.63, 3.8) is 0 Å². The Hall–Kier alpha value is -2.93. The van der Waals surface area contributed by atoms with Gasteiger partial charge in [0.1, 0.15) is 22.7 Å². The molecule has 0 aliphatic carbocycles. The van der Waals surface area contributed by atoms with Crippen LogP contribution in [-0.2, 0) is 13.0 Å². The van der Waals surface area contributed by atoms with Crippen LogP contribution in [0.4, 0.5) is 5.82 Å². The first-order valence-corrected chi connectivity index (χ1v) is 8.91. The van der Waals surface area contributed by atoms with Crippen molar-refractivity contribution in [3.05, 3.63) is 36.4 Å². The van der Waals surface area contributed by atoms with Gasteiger partial charge in [-0.15, -0.1) is 0 Å². The highest BCUT2D eigenvalue weighted by atomic mass is 16.2. The van der Waals surface area contributed by atoms with E-state index in [2.05, 4.69) is 33.0 Å². The number of benzene rings is 1. The number of H-pyrrole nitrogens is 1. The number of pyridine rings is 1. The standard InChI is InChI=1S/C19H22N6O/c1-2-7-25-11-13(10-21-25)12-5-6-14-15(9-12)22-19(20)18-17(14)23-16(24-18)4-3-8-26/h5-6,9-11,26H,2-4,7-8H2,1H3,(H2,20,22)(H,23,24). The summed E-state index contributed by atoms with van der Waals surface area (Å²) in [5.74, 6) is 1.26. The number of nitrogen functional groups attached to an aromatic ring is 1. The summed E-state index contributed by atoms with van der Waals surface area (Å²) >= 11 is 0. The van der Waals surface area contributed by atoms with Gasteiger partial charge in [0.25, 0.3) is 0 Å². The summed E-state index contributed by atoms with van der Waals surface area (Å²) in [5.41, 5.74) is 10.7. The van der Waals surface area contributed by atoms with E-state index in [9.17, 15) is 0 Å². The van der Waals surface area contributed by atoms with Crippen molar-refractivity contribution < 1.29 is 5.11 Å². The first kappa shape index (κ1) is 16.5. The summed E-state index contributed by atoms with van der Waals surface area (Å²) in [4.78, 5) is 12.5. The molecule has 3 aromatic heterocycles. The van der Waals surface area contributed by atoms with E-state index in [0.717, 1.165) is 51.9 Å². The van der Waals surface area contributed by atoms with Crippen molar-refractivity contribution in [2.45, 2.75) is 32.7 Å². The van der Waals surface area contributed by atoms with E-state index in [1.807, 2.05) is 29.2 Å². The number of aromatic amines is 1. The predicted octanol–water partition coefficient (Wildman–Crippen LogP) is 2.89. The minimum atomic E-state index is 0.139. The third-order valence-corrected chi connectivity index (χ3v) is 4.49. The number of hydrogen-bond donors (Lipinski definition) is 3. The van der Waals surface area contributed by atoms with E-state index in [1.165, 1.54) is 0 Å². The second kappa shape index (κ2) is 6.76. The van der Waals surface area contributed by atoms with Crippen LogP contribution in [0.15, 0.2) is 30.6 Å². The normalized spacial score (nSPS) is 11.6. The number of aliphatic hydroxyl groups is 1. The van der Waals surface area contributed by atoms with Gasteiger partial charge in [-0.05, 0) is 30.5 Å². The molecule has 0 atom stereocenters. The van der Waals surface area contributed by atoms with Crippen LogP contribution in [0.2, 0.25) is 0 Å². The Labute approximate surface area is 150 Å². The van der Waals surface area contributed by atoms with Gasteiger partial charge in [0.05, 0.1) is 11.7 Å². The van der Waals surface area contributed by atoms with Crippen LogP contribution in [0.5, 0.6) is 0 Å². The Morgan fingerprint density at radius 3 is 2.92 bits per heavy atom. The maximum absolute atomic E-state index is 9.02. The lowest BCUT2D eigenvalue weighted by Crippen LogP contribution is -1.95. The Morgan fingerprint density at radius 1 is 1.23 bits per heavy atom. The van der Waals surface area contributed by atoms with Gasteiger partial charge in [0.2, 0.25) is 0 Å². The molecule has 7 heteroatoms. The van der Waals surface area contributed by atoms with Gasteiger partial charge in [0.15, 0.2) is 0 Å². The number of anilines is 1. The fraction of sp³-hybridized carbons (Fsp3) is 0.316. The molecule has 4 aromatic rings. The monoisotopic (exact) mass is 350 g/mol. The second-order valence-corrected chi connectivity index (χ2v) is 6.46. The Morgan fingerprint density at radius 2 is 2.12 bits per heavy atom. The molecule has 4 N–H and O–H groups in total. The maximum atomic E-state index is 9.02. The Bertz CT molecular complexity index is 1060. The zero-order valence-corrected chi connectivity index (χ0v) is 14.7. The van der Waals surface area contributed by atoms with E-state index in [-0.39, 0.29) is 6.61 Å². The molecule has 0 saturated carbocycles. The summed E-state index contributed by atoms with van der Waals surface area (Å²) in [5, 5.41) is 14.4. The lowest BCUT2D eigenvalue weighted by Gasteiger charge is -2.04. The summed E-state index contributed by atoms with van der Waals surface area (Å²) in [6.45, 7) is 3.18. The summed E-state index contributed by atoms with van der Waals surface area (Å²) in [6.07, 6.45) is 6.32. The molecule has 0 fully saturated rings. The molecule has 0 bridgehead atoms. The van der Waals surface area contributed by atoms with E-state index >= 15 is 0 Å². The Balaban J connectivity index is 1.79. The number of fused-ring (bicyclic) bond motifs is 3. The molecule has 4 rings (SSSR count). The average Bonchev–Trinajstić information content (AvgIpc) is 3.27. The van der Waals surface area contributed by atoms with Crippen LogP contribution in [0.25, 0.3) is 33.1 Å². The predicted molar refractivity (Wildman–Crippen MR) is 103 cm³/mol. The fourth-order valence-corrected chi connectivity index (χ4v) is 3.22. The van der Waals surface area contributed by atoms with Crippen molar-refractivity contribution >= 4 is 27.8 Å². The largest absolute Gasteiger partial charge is 0.396 e. The van der Waals surface area contributed by atoms with Crippen LogP contribution in [0.3, 0.4) is 0 Å². The highest BCUT2D eigenvalue weighted by molar-refractivity contribution is 6.07. The summed E-state index contributed by atoms with van der Waals surface area (Å²) < 4.78 is 1.95. The summed E-state index contributed by atoms with van der Waals surface area (Å²) in [7, 11) is 0. The number of aromatic nitrogens is 5. The lowest BCUT2D eigenvalue weighted by atomic mass is 10.1. The van der Waals surface area contributed by atoms with Crippen molar-refractivity contribution in [3.8, 4) is 11.1 Å². The highest BCUT2D eigenvalue weighted by Gasteiger charge is 2.13. The van der Waals surface area contributed by atoms with E-state index < -0.39 is 0 Å². The van der Waals surface area contributed by atoms with Gasteiger partial charge in [-0.25, -0.2) is 9.97 Å². The SMILES string of the molecule is CCCn1cc(-c2ccc3c(c2)nc(N)c2[nH]c(CCCO)nc23)cn1. The van der Waals surface area contributed by atoms with Gasteiger partial charge in [0, 0.05) is 36.7 Å². The van der Waals surface area contributed by atoms with Gasteiger partial charge in [-0.2, -0.15) is 5.10 Å². The smallest absolute Gasteiger partial charge is 0.150 e. The number of aryl methyl sites for hydroxylation is 2. The van der Waals surface area contributed by atoms with Crippen molar-refractivity contribution in [1.82, 2.24) is 24.7 Å². The van der Waals surface area contributed by atoms with Gasteiger partial charge in [-0.1, -0.05) is 13.0 Å². The van der Waals surface area contributed by atoms with Crippen LogP contribution in [-0.4, -0.2) is 36.4 Å². The fourth-order valence-electron chi connectivity index (χ4n) is 3.22. The lowest BCUT2D eigenvalue weighted by molar-refractivity contribution is 0.287. The summed E-state index contributed by atoms with van der Waals surface area (Å²) in [6, 6.07) is 6.13. The van der Waals surface area contributed by atoms with Crippen molar-refractivity contribution in [2.75, 3.05) is 12.3 Å². The molecule has 7 nitrogen and oxygen atoms in total. The molecular weight excluding hydrogens is 328 g/mol. The molecule has 0 aliphatic heterocycles. The minimum Gasteiger partial charge on any atom is -0.396 e. The molecule has 0 radical (unpaired) electrons. The van der Waals surface area contributed by atoms with Crippen molar-refractivity contribution in [2.24, 2.45) is 0 Å². The van der Waals surface area contributed by atoms with E-state index in [0.29, 0.717) is 18.7 Å². The second-order valence-electron chi connectivity index (χ2n) is 6.46. The zero-order chi connectivity index (χ0) is 18.1. The molecule has 0 saturated heterocycles. The number of imidazole rings is 1. The third kappa shape index (κ3) is 2.90. The minimum absolute atomic E-state index is 0.139. The number of nitrogens with one attached hydrogen (secondary N) is 1. The van der Waals surface area contributed by atoms with Gasteiger partial charge in [-0.3, -0.25) is 4.68 Å². The molecular formula is C19H22N6O. The quantitative estimate of drug-likeness (QED) is 0.496. The van der Waals surface area contributed by atoms with Crippen LogP contribution < -0.4 is 5.73 Å². The number of rotatable bonds is 6. The Kier molecular flexibility index (Phi) is 4.30. The van der Waals surface area contributed by atoms with Crippen molar-refractivity contribution in [1.29, 1.82) is 0 Å². The molecule has 0 aliphatic rings. The third-order valence-electron chi connectivity index (χ3n) is 4.49. The first-order valence-electron chi connectivity index (χ1n) is 8.91. The topological polar surface area (TPSA) is 106 Å². The molecule has 3 heterocycles. The molecule has 0 spiro atoms. The maximum Gasteiger partial charge on any atom is 0.150 e. The van der Waals surface area contributed by atoms with E-state index in [1.54, 1.807) is 0 Å². The number of hydrogen-bond acceptors (Lipinski definition) is 5. The van der Waals surface area contributed by atoms with Crippen LogP contribution in [0, 0.1) is 0 Å². The highest BCUT2D eigenvalue weighted by Crippen LogP contribution is 2.30. The zero-order valence-electron chi connectivity index (χ0n) is 14.7. The molecule has 1 aromatic carbocycles. The first-order chi connectivity index (χ1) is 12.7. The number of nitrogens with two attached hydrogens (primary N) is 1. The van der Waals surface area contributed by atoms with Crippen LogP contribution >= 0.6 is 0 Å². The average molecular weight is 350 g/mol. The molecule has 0 amide bonds. The number of aliphatic hydroxyl groups excluding tert-OH is 1. The molecule has 0 unspecified atom stereocenters. The molecule has 26 heavy (non-hydrogen) atoms. The van der Waals surface area contributed by atoms with E-state index in [4.69, 9.17) is 10.8 Å². The van der Waals surface area contributed by atoms with Gasteiger partial charge < -0.3 is 15.8 Å².